The van der Waals surface area contributed by atoms with Crippen LogP contribution in [0, 0.1) is 23.4 Å². The molecule has 3 aromatic carbocycles. The monoisotopic (exact) mass is 707 g/mol. The fourth-order valence-electron chi connectivity index (χ4n) is 6.01. The van der Waals surface area contributed by atoms with Gasteiger partial charge in [-0.25, -0.2) is 26.6 Å². The van der Waals surface area contributed by atoms with Gasteiger partial charge in [0.1, 0.15) is 11.6 Å². The number of rotatable bonds is 11. The second-order valence-electron chi connectivity index (χ2n) is 13.4. The Morgan fingerprint density at radius 1 is 1.04 bits per heavy atom. The van der Waals surface area contributed by atoms with Crippen molar-refractivity contribution in [1.29, 1.82) is 0 Å². The summed E-state index contributed by atoms with van der Waals surface area (Å²) in [6.45, 7) is 5.49. The van der Waals surface area contributed by atoms with Crippen molar-refractivity contribution >= 4 is 33.4 Å². The van der Waals surface area contributed by atoms with E-state index in [4.69, 9.17) is 16.3 Å². The van der Waals surface area contributed by atoms with Gasteiger partial charge in [-0.1, -0.05) is 43.3 Å². The maximum atomic E-state index is 15.6. The van der Waals surface area contributed by atoms with Crippen LogP contribution in [0.25, 0.3) is 5.69 Å². The minimum absolute atomic E-state index is 0.00275. The van der Waals surface area contributed by atoms with Crippen LogP contribution in [0.5, 0.6) is 5.75 Å². The zero-order chi connectivity index (χ0) is 34.3. The summed E-state index contributed by atoms with van der Waals surface area (Å²) < 4.78 is 79.9. The van der Waals surface area contributed by atoms with Crippen molar-refractivity contribution in [2.75, 3.05) is 47.9 Å². The van der Waals surface area contributed by atoms with Crippen LogP contribution < -0.4 is 4.74 Å². The van der Waals surface area contributed by atoms with Gasteiger partial charge in [-0.15, -0.1) is 0 Å². The molecule has 1 aromatic heterocycles. The number of thioether (sulfide) groups is 1. The van der Waals surface area contributed by atoms with Crippen molar-refractivity contribution in [2.24, 2.45) is 5.92 Å². The number of hydrogen-bond donors (Lipinski definition) is 0. The Kier molecular flexibility index (Phi) is 10.1. The van der Waals surface area contributed by atoms with Gasteiger partial charge in [0.25, 0.3) is 0 Å². The van der Waals surface area contributed by atoms with Crippen LogP contribution in [0.4, 0.5) is 13.2 Å². The zero-order valence-corrected chi connectivity index (χ0v) is 29.6. The Balaban J connectivity index is 1.44. The number of hydrogen-bond acceptors (Lipinski definition) is 5. The highest BCUT2D eigenvalue weighted by atomic mass is 35.5. The Labute approximate surface area is 284 Å². The highest BCUT2D eigenvalue weighted by molar-refractivity contribution is 7.98. The molecule has 0 radical (unpaired) electrons. The molecule has 1 aliphatic rings. The fourth-order valence-corrected chi connectivity index (χ4v) is 9.02. The third kappa shape index (κ3) is 7.51. The van der Waals surface area contributed by atoms with E-state index in [2.05, 4.69) is 26.1 Å². The lowest BCUT2D eigenvalue weighted by Gasteiger charge is -2.28. The van der Waals surface area contributed by atoms with Crippen LogP contribution in [-0.4, -0.2) is 74.6 Å². The highest BCUT2D eigenvalue weighted by Gasteiger charge is 2.36. The lowest BCUT2D eigenvalue weighted by atomic mass is 9.81. The first-order valence-corrected chi connectivity index (χ1v) is 17.9. The predicted octanol–water partition coefficient (Wildman–Crippen LogP) is 7.29. The lowest BCUT2D eigenvalue weighted by molar-refractivity contribution is -0.873. The normalized spacial score (nSPS) is 16.2. The summed E-state index contributed by atoms with van der Waals surface area (Å²) in [5.41, 5.74) is 1.50. The van der Waals surface area contributed by atoms with Crippen molar-refractivity contribution < 1.29 is 30.8 Å². The first-order valence-electron chi connectivity index (χ1n) is 15.1. The molecule has 1 fully saturated rings. The number of ether oxygens (including phenoxy) is 1. The molecule has 47 heavy (non-hydrogen) atoms. The minimum atomic E-state index is -3.93. The van der Waals surface area contributed by atoms with Crippen LogP contribution in [0.15, 0.2) is 70.8 Å². The number of methoxy groups -OCH3 is 1. The lowest BCUT2D eigenvalue weighted by Crippen LogP contribution is -2.40. The topological polar surface area (TPSA) is 64.4 Å². The Bertz CT molecular complexity index is 1850. The quantitative estimate of drug-likeness (QED) is 0.121. The van der Waals surface area contributed by atoms with Crippen molar-refractivity contribution in [3.05, 3.63) is 100 Å². The smallest absolute Gasteiger partial charge is 0.243 e. The average molecular weight is 708 g/mol. The summed E-state index contributed by atoms with van der Waals surface area (Å²) in [5, 5.41) is 0.471. The fraction of sp³-hybridized carbons (Fsp3) is 0.382. The Hall–Kier alpha value is -3.03. The number of imidazole rings is 1. The summed E-state index contributed by atoms with van der Waals surface area (Å²) in [4.78, 5) is 4.47. The molecule has 1 unspecified atom stereocenters. The molecule has 0 bridgehead atoms. The van der Waals surface area contributed by atoms with Gasteiger partial charge in [0, 0.05) is 46.4 Å². The van der Waals surface area contributed by atoms with E-state index in [0.29, 0.717) is 29.6 Å². The van der Waals surface area contributed by atoms with E-state index in [1.165, 1.54) is 47.4 Å². The van der Waals surface area contributed by atoms with Crippen molar-refractivity contribution in [3.63, 3.8) is 0 Å². The molecule has 0 spiro atoms. The van der Waals surface area contributed by atoms with Gasteiger partial charge in [0.05, 0.1) is 51.6 Å². The summed E-state index contributed by atoms with van der Waals surface area (Å²) in [5.74, 6) is -1.27. The Morgan fingerprint density at radius 2 is 1.74 bits per heavy atom. The molecule has 2 heterocycles. The first-order chi connectivity index (χ1) is 22.0. The van der Waals surface area contributed by atoms with E-state index >= 15 is 4.39 Å². The zero-order valence-electron chi connectivity index (χ0n) is 27.2. The molecule has 0 aliphatic carbocycles. The molecule has 7 nitrogen and oxygen atoms in total. The molecule has 4 aromatic rings. The second kappa shape index (κ2) is 13.5. The third-order valence-corrected chi connectivity index (χ3v) is 11.6. The van der Waals surface area contributed by atoms with Gasteiger partial charge in [-0.3, -0.25) is 4.57 Å². The van der Waals surface area contributed by atoms with Crippen molar-refractivity contribution in [2.45, 2.75) is 41.5 Å². The van der Waals surface area contributed by atoms with Crippen molar-refractivity contribution in [1.82, 2.24) is 13.9 Å². The summed E-state index contributed by atoms with van der Waals surface area (Å²) >= 11 is 7.75. The van der Waals surface area contributed by atoms with E-state index in [0.717, 1.165) is 29.1 Å². The SMILES string of the molecule is COc1cc(C(C)(C)c2cnc(SCc3c(F)cc(S(=O)(=O)N4CCC(C[N+](C)(C)C)C4)cc3Cl)n2-c2ccc(F)cc2)ccc1F. The van der Waals surface area contributed by atoms with Gasteiger partial charge in [0.2, 0.25) is 10.0 Å². The minimum Gasteiger partial charge on any atom is -0.494 e. The summed E-state index contributed by atoms with van der Waals surface area (Å²) in [6, 6.07) is 12.9. The van der Waals surface area contributed by atoms with Crippen molar-refractivity contribution in [3.8, 4) is 11.4 Å². The molecule has 0 amide bonds. The summed E-state index contributed by atoms with van der Waals surface area (Å²) in [7, 11) is 3.67. The van der Waals surface area contributed by atoms with E-state index in [-0.39, 0.29) is 32.9 Å². The van der Waals surface area contributed by atoms with Gasteiger partial charge in [-0.05, 0) is 60.5 Å². The number of aromatic nitrogens is 2. The van der Waals surface area contributed by atoms with Crippen LogP contribution in [-0.2, 0) is 21.2 Å². The van der Waals surface area contributed by atoms with Gasteiger partial charge in [0.15, 0.2) is 16.7 Å². The molecule has 0 saturated carbocycles. The van der Waals surface area contributed by atoms with E-state index in [9.17, 15) is 17.2 Å². The summed E-state index contributed by atoms with van der Waals surface area (Å²) in [6.07, 6.45) is 2.42. The van der Waals surface area contributed by atoms with Crippen LogP contribution in [0.2, 0.25) is 5.02 Å². The number of halogens is 4. The maximum Gasteiger partial charge on any atom is 0.243 e. The molecule has 252 valence electrons. The molecule has 1 saturated heterocycles. The Morgan fingerprint density at radius 3 is 2.38 bits per heavy atom. The second-order valence-corrected chi connectivity index (χ2v) is 16.6. The van der Waals surface area contributed by atoms with Gasteiger partial charge < -0.3 is 9.22 Å². The van der Waals surface area contributed by atoms with E-state index in [1.54, 1.807) is 30.5 Å². The standard InChI is InChI=1S/C34H39ClF3N4O3S2/c1-34(2,23-7-12-29(37)31(15-23)45-6)32-18-39-33(41(32)25-10-8-24(36)9-11-25)46-21-27-28(35)16-26(17-30(27)38)47(43,44)40-14-13-22(19-40)20-42(3,4)5/h7-12,15-18,22H,13-14,19-21H2,1-6H3/q+1. The van der Waals surface area contributed by atoms with Gasteiger partial charge in [-0.2, -0.15) is 4.31 Å². The number of sulfonamides is 1. The average Bonchev–Trinajstić information content (AvgIpc) is 3.64. The number of quaternary nitrogens is 1. The molecule has 13 heteroatoms. The van der Waals surface area contributed by atoms with Crippen LogP contribution in [0.1, 0.15) is 37.1 Å². The first kappa shape index (κ1) is 35.3. The molecular weight excluding hydrogens is 669 g/mol. The third-order valence-electron chi connectivity index (χ3n) is 8.48. The predicted molar refractivity (Wildman–Crippen MR) is 179 cm³/mol. The van der Waals surface area contributed by atoms with E-state index in [1.807, 2.05) is 18.4 Å². The maximum absolute atomic E-state index is 15.6. The molecule has 1 atom stereocenters. The molecule has 5 rings (SSSR count). The molecular formula is C34H39ClF3N4O3S2+. The molecule has 0 N–H and O–H groups in total. The highest BCUT2D eigenvalue weighted by Crippen LogP contribution is 2.39. The van der Waals surface area contributed by atoms with Crippen LogP contribution >= 0.6 is 23.4 Å². The molecule has 1 aliphatic heterocycles. The number of benzene rings is 3. The number of nitrogens with zero attached hydrogens (tertiary/aromatic N) is 4. The van der Waals surface area contributed by atoms with E-state index < -0.39 is 32.9 Å². The van der Waals surface area contributed by atoms with Crippen LogP contribution in [0.3, 0.4) is 0 Å². The largest absolute Gasteiger partial charge is 0.494 e. The van der Waals surface area contributed by atoms with Gasteiger partial charge >= 0.3 is 0 Å².